The van der Waals surface area contributed by atoms with Crippen LogP contribution in [-0.4, -0.2) is 8.80 Å². The van der Waals surface area contributed by atoms with Gasteiger partial charge in [-0.2, -0.15) is 0 Å². The third kappa shape index (κ3) is 4.54. The Morgan fingerprint density at radius 3 is 2.17 bits per heavy atom. The van der Waals surface area contributed by atoms with Gasteiger partial charge in [0, 0.05) is 0 Å². The number of fused-ring (bicyclic) bond motifs is 1. The van der Waals surface area contributed by atoms with Crippen LogP contribution in [-0.2, 0) is 23.8 Å². The van der Waals surface area contributed by atoms with Gasteiger partial charge in [0.15, 0.2) is 0 Å². The second-order valence-corrected chi connectivity index (χ2v) is 11.0. The zero-order valence-electron chi connectivity index (χ0n) is 13.0. The molecule has 0 amide bonds. The quantitative estimate of drug-likeness (QED) is 0.436. The second-order valence-electron chi connectivity index (χ2n) is 5.54. The minimum atomic E-state index is -1.08. The van der Waals surface area contributed by atoms with E-state index in [0.29, 0.717) is 0 Å². The first-order chi connectivity index (χ1) is 9.75. The predicted octanol–water partition coefficient (Wildman–Crippen LogP) is -5.45. The van der Waals surface area contributed by atoms with E-state index >= 15 is 0 Å². The van der Waals surface area contributed by atoms with E-state index in [2.05, 4.69) is 94.1 Å². The van der Waals surface area contributed by atoms with Crippen LogP contribution in [0.2, 0.25) is 6.04 Å². The molecule has 2 aromatic rings. The molecule has 0 nitrogen and oxygen atoms in total. The van der Waals surface area contributed by atoms with Crippen LogP contribution in [0.4, 0.5) is 0 Å². The summed E-state index contributed by atoms with van der Waals surface area (Å²) in [6.45, 7) is 2.32. The fraction of sp³-hybridized carbons (Fsp3) is 0.222. The summed E-state index contributed by atoms with van der Waals surface area (Å²) in [5, 5.41) is 1.60. The minimum Gasteiger partial charge on any atom is -1.00 e. The molecule has 0 radical (unpaired) electrons. The van der Waals surface area contributed by atoms with Crippen LogP contribution in [0.25, 0.3) is 6.08 Å². The van der Waals surface area contributed by atoms with Crippen molar-refractivity contribution in [3.05, 3.63) is 71.8 Å². The molecule has 2 atom stereocenters. The summed E-state index contributed by atoms with van der Waals surface area (Å²) >= 11 is 2.45. The molecule has 1 aliphatic carbocycles. The molecule has 0 heterocycles. The minimum absolute atomic E-state index is 0. The van der Waals surface area contributed by atoms with Crippen LogP contribution in [0, 0.1) is 0 Å². The van der Waals surface area contributed by atoms with Crippen molar-refractivity contribution in [2.24, 2.45) is 0 Å². The molecular weight excluding hydrogens is 399 g/mol. The van der Waals surface area contributed by atoms with Gasteiger partial charge in [-0.1, -0.05) is 0 Å². The maximum Gasteiger partial charge on any atom is -1.00 e. The van der Waals surface area contributed by atoms with Crippen molar-refractivity contribution in [3.8, 4) is 0 Å². The Kier molecular flexibility index (Phi) is 10.1. The van der Waals surface area contributed by atoms with Gasteiger partial charge in [-0.05, 0) is 0 Å². The molecule has 0 aromatic heterocycles. The molecule has 0 saturated heterocycles. The first kappa shape index (κ1) is 23.0. The van der Waals surface area contributed by atoms with Crippen molar-refractivity contribution in [2.75, 3.05) is 0 Å². The summed E-state index contributed by atoms with van der Waals surface area (Å²) in [6, 6.07) is 21.5. The summed E-state index contributed by atoms with van der Waals surface area (Å²) in [4.78, 5) is 0. The van der Waals surface area contributed by atoms with Gasteiger partial charge in [0.2, 0.25) is 0 Å². The molecule has 0 saturated carbocycles. The molecule has 3 rings (SSSR count). The molecule has 0 fully saturated rings. The first-order valence-electron chi connectivity index (χ1n) is 7.34. The van der Waals surface area contributed by atoms with Crippen molar-refractivity contribution in [1.29, 1.82) is 0 Å². The van der Waals surface area contributed by atoms with E-state index < -0.39 is 8.80 Å². The Morgan fingerprint density at radius 1 is 0.913 bits per heavy atom. The van der Waals surface area contributed by atoms with Crippen molar-refractivity contribution < 1.29 is 57.7 Å². The third-order valence-electron chi connectivity index (χ3n) is 4.26. The number of hydrogen-bond acceptors (Lipinski definition) is 0. The van der Waals surface area contributed by atoms with Gasteiger partial charge in [-0.3, -0.25) is 0 Å². The first-order valence-corrected chi connectivity index (χ1v) is 10.1. The van der Waals surface area contributed by atoms with E-state index in [9.17, 15) is 0 Å². The van der Waals surface area contributed by atoms with Crippen LogP contribution in [0.1, 0.15) is 24.5 Å². The summed E-state index contributed by atoms with van der Waals surface area (Å²) in [5.41, 5.74) is 2.95. The second kappa shape index (κ2) is 10.1. The maximum atomic E-state index is 2.47. The number of hydrogen-bond donors (Lipinski definition) is 0. The van der Waals surface area contributed by atoms with Crippen molar-refractivity contribution in [1.82, 2.24) is 0 Å². The summed E-state index contributed by atoms with van der Waals surface area (Å²) in [6.07, 6.45) is 6.07. The monoisotopic (exact) mass is 416 g/mol. The number of halogens is 3. The van der Waals surface area contributed by atoms with Crippen LogP contribution < -0.4 is 42.4 Å². The standard InChI is InChI=1S/C18H19Si.3ClH.Ti/c1-2-14-19(16-9-4-3-5-10-16)18-13-12-15-8-6-7-11-17(15)18;;;;/h3-13,19H,2,14H2,1H3;3*1H;/q;;;;+3/p-3. The van der Waals surface area contributed by atoms with Gasteiger partial charge in [-0.15, -0.1) is 0 Å². The number of rotatable bonds is 4. The van der Waals surface area contributed by atoms with E-state index in [0.717, 1.165) is 0 Å². The molecular formula is C18H19Cl3SiTi. The van der Waals surface area contributed by atoms with Crippen molar-refractivity contribution in [3.63, 3.8) is 0 Å². The normalized spacial score (nSPS) is 18.9. The molecule has 2 unspecified atom stereocenters. The molecule has 0 bridgehead atoms. The van der Waals surface area contributed by atoms with E-state index in [1.165, 1.54) is 23.6 Å². The molecule has 120 valence electrons. The van der Waals surface area contributed by atoms with Gasteiger partial charge >= 0.3 is 135 Å². The fourth-order valence-corrected chi connectivity index (χ4v) is 8.75. The SMILES string of the molecule is CCC[SiH](c1ccccc1)[C]1([Ti+3])C=Cc2ccccc21.[Cl-].[Cl-].[Cl-]. The zero-order valence-corrected chi connectivity index (χ0v) is 18.0. The Bertz CT molecular complexity index is 633. The van der Waals surface area contributed by atoms with Crippen LogP contribution >= 0.6 is 0 Å². The maximum absolute atomic E-state index is 2.47. The fourth-order valence-electron chi connectivity index (χ4n) is 3.27. The smallest absolute Gasteiger partial charge is 1.00 e. The largest absolute Gasteiger partial charge is 1.00 e. The number of allylic oxidation sites excluding steroid dienone is 1. The van der Waals surface area contributed by atoms with E-state index in [4.69, 9.17) is 0 Å². The average Bonchev–Trinajstić information content (AvgIpc) is 2.85. The third-order valence-corrected chi connectivity index (χ3v) is 10.5. The van der Waals surface area contributed by atoms with Crippen molar-refractivity contribution in [2.45, 2.75) is 22.7 Å². The Balaban J connectivity index is 0.00000161. The topological polar surface area (TPSA) is 0 Å². The summed E-state index contributed by atoms with van der Waals surface area (Å²) in [5.74, 6) is 0. The molecule has 23 heavy (non-hydrogen) atoms. The van der Waals surface area contributed by atoms with Crippen LogP contribution in [0.3, 0.4) is 0 Å². The van der Waals surface area contributed by atoms with Crippen LogP contribution in [0.5, 0.6) is 0 Å². The molecule has 5 heteroatoms. The van der Waals surface area contributed by atoms with E-state index in [1.807, 2.05) is 0 Å². The van der Waals surface area contributed by atoms with Gasteiger partial charge < -0.3 is 37.2 Å². The van der Waals surface area contributed by atoms with E-state index in [-0.39, 0.29) is 40.6 Å². The molecule has 2 aromatic carbocycles. The van der Waals surface area contributed by atoms with Crippen molar-refractivity contribution >= 4 is 20.1 Å². The molecule has 0 N–H and O–H groups in total. The Labute approximate surface area is 171 Å². The van der Waals surface area contributed by atoms with Gasteiger partial charge in [0.25, 0.3) is 0 Å². The molecule has 0 aliphatic heterocycles. The summed E-state index contributed by atoms with van der Waals surface area (Å²) in [7, 11) is -1.08. The number of benzene rings is 2. The zero-order chi connectivity index (χ0) is 14.0. The Morgan fingerprint density at radius 2 is 1.52 bits per heavy atom. The molecule has 0 spiro atoms. The summed E-state index contributed by atoms with van der Waals surface area (Å²) < 4.78 is 0.258. The molecule has 1 aliphatic rings. The Hall–Kier alpha value is -0.0188. The van der Waals surface area contributed by atoms with E-state index in [1.54, 1.807) is 5.19 Å². The van der Waals surface area contributed by atoms with Crippen LogP contribution in [0.15, 0.2) is 60.7 Å². The van der Waals surface area contributed by atoms with Gasteiger partial charge in [0.05, 0.1) is 0 Å². The predicted molar refractivity (Wildman–Crippen MR) is 85.5 cm³/mol. The van der Waals surface area contributed by atoms with Gasteiger partial charge in [0.1, 0.15) is 0 Å². The van der Waals surface area contributed by atoms with Gasteiger partial charge in [-0.25, -0.2) is 0 Å². The average molecular weight is 418 g/mol.